The van der Waals surface area contributed by atoms with Gasteiger partial charge in [0.25, 0.3) is 0 Å². The lowest BCUT2D eigenvalue weighted by molar-refractivity contribution is -0.116. The summed E-state index contributed by atoms with van der Waals surface area (Å²) in [7, 11) is 0. The first-order valence-electron chi connectivity index (χ1n) is 8.38. The maximum Gasteiger partial charge on any atom is 0.224 e. The average molecular weight is 326 g/mol. The molecule has 2 rings (SSSR count). The van der Waals surface area contributed by atoms with Crippen molar-refractivity contribution in [3.05, 3.63) is 53.1 Å². The van der Waals surface area contributed by atoms with Crippen LogP contribution in [0, 0.1) is 13.8 Å². The quantitative estimate of drug-likeness (QED) is 0.748. The van der Waals surface area contributed by atoms with Gasteiger partial charge in [-0.05, 0) is 61.6 Å². The monoisotopic (exact) mass is 326 g/mol. The normalized spacial score (nSPS) is 10.5. The summed E-state index contributed by atoms with van der Waals surface area (Å²) < 4.78 is 5.57. The third kappa shape index (κ3) is 5.01. The van der Waals surface area contributed by atoms with Crippen LogP contribution >= 0.6 is 0 Å². The number of ether oxygens (including phenoxy) is 1. The van der Waals surface area contributed by atoms with E-state index in [4.69, 9.17) is 10.5 Å². The highest BCUT2D eigenvalue weighted by Gasteiger charge is 2.07. The number of hydrogen-bond donors (Lipinski definition) is 2. The third-order valence-electron chi connectivity index (χ3n) is 3.84. The number of aryl methyl sites for hydroxylation is 3. The molecule has 0 heterocycles. The molecule has 0 saturated heterocycles. The van der Waals surface area contributed by atoms with Crippen LogP contribution in [0.25, 0.3) is 0 Å². The van der Waals surface area contributed by atoms with Crippen molar-refractivity contribution < 1.29 is 9.53 Å². The van der Waals surface area contributed by atoms with E-state index in [-0.39, 0.29) is 5.91 Å². The molecule has 0 aliphatic carbocycles. The first kappa shape index (κ1) is 17.9. The maximum absolute atomic E-state index is 12.2. The van der Waals surface area contributed by atoms with E-state index in [2.05, 4.69) is 12.2 Å². The molecule has 4 heteroatoms. The highest BCUT2D eigenvalue weighted by atomic mass is 16.5. The van der Waals surface area contributed by atoms with Crippen LogP contribution in [0.1, 0.15) is 36.5 Å². The molecule has 0 aliphatic heterocycles. The van der Waals surface area contributed by atoms with Crippen molar-refractivity contribution in [2.75, 3.05) is 17.7 Å². The second-order valence-electron chi connectivity index (χ2n) is 6.09. The standard InChI is InChI=1S/C20H26N2O2/c1-4-11-24-19-9-7-16(13-17(19)21)8-10-20(23)22-18-12-14(2)5-6-15(18)3/h5-7,9,12-13H,4,8,10-11,21H2,1-3H3,(H,22,23). The highest BCUT2D eigenvalue weighted by molar-refractivity contribution is 5.91. The second kappa shape index (κ2) is 8.39. The predicted molar refractivity (Wildman–Crippen MR) is 99.5 cm³/mol. The van der Waals surface area contributed by atoms with Crippen LogP contribution < -0.4 is 15.8 Å². The van der Waals surface area contributed by atoms with Gasteiger partial charge in [0, 0.05) is 12.1 Å². The Hall–Kier alpha value is -2.49. The molecular formula is C20H26N2O2. The van der Waals surface area contributed by atoms with Crippen molar-refractivity contribution in [1.29, 1.82) is 0 Å². The largest absolute Gasteiger partial charge is 0.491 e. The number of hydrogen-bond acceptors (Lipinski definition) is 3. The zero-order chi connectivity index (χ0) is 17.5. The summed E-state index contributed by atoms with van der Waals surface area (Å²) >= 11 is 0. The van der Waals surface area contributed by atoms with Crippen LogP contribution in [0.15, 0.2) is 36.4 Å². The Balaban J connectivity index is 1.91. The van der Waals surface area contributed by atoms with Gasteiger partial charge in [-0.15, -0.1) is 0 Å². The molecule has 0 atom stereocenters. The fraction of sp³-hybridized carbons (Fsp3) is 0.350. The van der Waals surface area contributed by atoms with Gasteiger partial charge in [-0.1, -0.05) is 25.1 Å². The van der Waals surface area contributed by atoms with Gasteiger partial charge >= 0.3 is 0 Å². The number of benzene rings is 2. The smallest absolute Gasteiger partial charge is 0.224 e. The Morgan fingerprint density at radius 3 is 2.67 bits per heavy atom. The van der Waals surface area contributed by atoms with Gasteiger partial charge in [-0.25, -0.2) is 0 Å². The van der Waals surface area contributed by atoms with Crippen molar-refractivity contribution >= 4 is 17.3 Å². The third-order valence-corrected chi connectivity index (χ3v) is 3.84. The Morgan fingerprint density at radius 1 is 1.17 bits per heavy atom. The van der Waals surface area contributed by atoms with Crippen LogP contribution in [0.2, 0.25) is 0 Å². The van der Waals surface area contributed by atoms with Crippen molar-refractivity contribution in [1.82, 2.24) is 0 Å². The zero-order valence-corrected chi connectivity index (χ0v) is 14.7. The van der Waals surface area contributed by atoms with Crippen molar-refractivity contribution in [3.8, 4) is 5.75 Å². The molecular weight excluding hydrogens is 300 g/mol. The molecule has 0 fully saturated rings. The van der Waals surface area contributed by atoms with Crippen molar-refractivity contribution in [3.63, 3.8) is 0 Å². The summed E-state index contributed by atoms with van der Waals surface area (Å²) in [6, 6.07) is 11.8. The minimum absolute atomic E-state index is 0.00795. The van der Waals surface area contributed by atoms with E-state index in [1.54, 1.807) is 0 Å². The van der Waals surface area contributed by atoms with Gasteiger partial charge in [0.05, 0.1) is 12.3 Å². The number of rotatable bonds is 7. The molecule has 2 aromatic carbocycles. The van der Waals surface area contributed by atoms with E-state index < -0.39 is 0 Å². The number of nitrogen functional groups attached to an aromatic ring is 1. The number of nitrogens with two attached hydrogens (primary N) is 1. The number of nitrogens with one attached hydrogen (secondary N) is 1. The van der Waals surface area contributed by atoms with E-state index in [0.29, 0.717) is 30.9 Å². The molecule has 3 N–H and O–H groups in total. The molecule has 0 aromatic heterocycles. The van der Waals surface area contributed by atoms with E-state index in [0.717, 1.165) is 28.8 Å². The molecule has 0 radical (unpaired) electrons. The van der Waals surface area contributed by atoms with Crippen LogP contribution in [0.3, 0.4) is 0 Å². The van der Waals surface area contributed by atoms with E-state index in [1.165, 1.54) is 0 Å². The van der Waals surface area contributed by atoms with Crippen LogP contribution in [-0.2, 0) is 11.2 Å². The summed E-state index contributed by atoms with van der Waals surface area (Å²) in [5.41, 5.74) is 10.7. The molecule has 24 heavy (non-hydrogen) atoms. The lowest BCUT2D eigenvalue weighted by Crippen LogP contribution is -2.13. The molecule has 0 aliphatic rings. The van der Waals surface area contributed by atoms with Gasteiger partial charge in [-0.2, -0.15) is 0 Å². The Bertz CT molecular complexity index is 711. The highest BCUT2D eigenvalue weighted by Crippen LogP contribution is 2.23. The lowest BCUT2D eigenvalue weighted by atomic mass is 10.1. The van der Waals surface area contributed by atoms with Gasteiger partial charge < -0.3 is 15.8 Å². The molecule has 128 valence electrons. The minimum atomic E-state index is 0.00795. The van der Waals surface area contributed by atoms with E-state index in [1.807, 2.05) is 50.2 Å². The molecule has 0 bridgehead atoms. The Morgan fingerprint density at radius 2 is 1.96 bits per heavy atom. The van der Waals surface area contributed by atoms with Crippen LogP contribution in [0.4, 0.5) is 11.4 Å². The molecule has 0 saturated carbocycles. The van der Waals surface area contributed by atoms with Crippen LogP contribution in [0.5, 0.6) is 5.75 Å². The van der Waals surface area contributed by atoms with Crippen LogP contribution in [-0.4, -0.2) is 12.5 Å². The number of amides is 1. The summed E-state index contributed by atoms with van der Waals surface area (Å²) in [6.07, 6.45) is 2.01. The lowest BCUT2D eigenvalue weighted by Gasteiger charge is -2.11. The SMILES string of the molecule is CCCOc1ccc(CCC(=O)Nc2cc(C)ccc2C)cc1N. The molecule has 0 unspecified atom stereocenters. The molecule has 2 aromatic rings. The molecule has 0 spiro atoms. The number of anilines is 2. The van der Waals surface area contributed by atoms with Crippen molar-refractivity contribution in [2.45, 2.75) is 40.0 Å². The zero-order valence-electron chi connectivity index (χ0n) is 14.7. The topological polar surface area (TPSA) is 64.3 Å². The summed E-state index contributed by atoms with van der Waals surface area (Å²) in [4.78, 5) is 12.2. The van der Waals surface area contributed by atoms with Gasteiger partial charge in [-0.3, -0.25) is 4.79 Å². The first-order valence-corrected chi connectivity index (χ1v) is 8.38. The summed E-state index contributed by atoms with van der Waals surface area (Å²) in [5.74, 6) is 0.717. The van der Waals surface area contributed by atoms with Gasteiger partial charge in [0.2, 0.25) is 5.91 Å². The van der Waals surface area contributed by atoms with Gasteiger partial charge in [0.1, 0.15) is 5.75 Å². The van der Waals surface area contributed by atoms with Crippen molar-refractivity contribution in [2.24, 2.45) is 0 Å². The number of carbonyl (C=O) groups excluding carboxylic acids is 1. The van der Waals surface area contributed by atoms with E-state index >= 15 is 0 Å². The first-order chi connectivity index (χ1) is 11.5. The summed E-state index contributed by atoms with van der Waals surface area (Å²) in [6.45, 7) is 6.71. The van der Waals surface area contributed by atoms with E-state index in [9.17, 15) is 4.79 Å². The average Bonchev–Trinajstić information content (AvgIpc) is 2.55. The molecule has 1 amide bonds. The van der Waals surface area contributed by atoms with Gasteiger partial charge in [0.15, 0.2) is 0 Å². The predicted octanol–water partition coefficient (Wildman–Crippen LogP) is 4.25. The number of carbonyl (C=O) groups is 1. The fourth-order valence-corrected chi connectivity index (χ4v) is 2.44. The summed E-state index contributed by atoms with van der Waals surface area (Å²) in [5, 5.41) is 2.98. The fourth-order valence-electron chi connectivity index (χ4n) is 2.44. The molecule has 4 nitrogen and oxygen atoms in total. The minimum Gasteiger partial charge on any atom is -0.491 e. The Kier molecular flexibility index (Phi) is 6.24. The maximum atomic E-state index is 12.2. The Labute approximate surface area is 144 Å². The second-order valence-corrected chi connectivity index (χ2v) is 6.09.